The van der Waals surface area contributed by atoms with Crippen molar-refractivity contribution in [3.63, 3.8) is 0 Å². The maximum atomic E-state index is 13.1. The van der Waals surface area contributed by atoms with Crippen LogP contribution in [0.2, 0.25) is 0 Å². The van der Waals surface area contributed by atoms with Gasteiger partial charge in [0.2, 0.25) is 5.60 Å². The predicted molar refractivity (Wildman–Crippen MR) is 127 cm³/mol. The lowest BCUT2D eigenvalue weighted by molar-refractivity contribution is -0.890. The van der Waals surface area contributed by atoms with Gasteiger partial charge in [0.1, 0.15) is 13.2 Å². The molecule has 0 aliphatic heterocycles. The van der Waals surface area contributed by atoms with Crippen LogP contribution in [0.4, 0.5) is 0 Å². The van der Waals surface area contributed by atoms with Gasteiger partial charge in [-0.25, -0.2) is 4.79 Å². The van der Waals surface area contributed by atoms with E-state index in [-0.39, 0.29) is 6.61 Å². The SMILES string of the molecule is CCCCCCCCC[N+](C)(C)CCOC(=O)C(O)(c1ccccc1)c1ccccc1. The molecule has 0 radical (unpaired) electrons. The van der Waals surface area contributed by atoms with Crippen LogP contribution in [0.5, 0.6) is 0 Å². The number of ether oxygens (including phenoxy) is 1. The number of benzene rings is 2. The Kier molecular flexibility index (Phi) is 10.2. The van der Waals surface area contributed by atoms with Gasteiger partial charge in [-0.2, -0.15) is 0 Å². The number of unbranched alkanes of at least 4 members (excludes halogenated alkanes) is 6. The molecule has 0 heterocycles. The summed E-state index contributed by atoms with van der Waals surface area (Å²) >= 11 is 0. The fraction of sp³-hybridized carbons (Fsp3) is 0.519. The molecular weight excluding hydrogens is 386 g/mol. The zero-order valence-electron chi connectivity index (χ0n) is 19.6. The van der Waals surface area contributed by atoms with Gasteiger partial charge < -0.3 is 14.3 Å². The highest BCUT2D eigenvalue weighted by Crippen LogP contribution is 2.31. The third kappa shape index (κ3) is 7.79. The highest BCUT2D eigenvalue weighted by Gasteiger charge is 2.41. The van der Waals surface area contributed by atoms with Crippen LogP contribution >= 0.6 is 0 Å². The van der Waals surface area contributed by atoms with Crippen LogP contribution in [0.25, 0.3) is 0 Å². The van der Waals surface area contributed by atoms with Gasteiger partial charge in [-0.1, -0.05) is 99.7 Å². The third-order valence-electron chi connectivity index (χ3n) is 5.98. The molecular formula is C27H40NO3+. The van der Waals surface area contributed by atoms with Crippen LogP contribution in [0.1, 0.15) is 63.0 Å². The average molecular weight is 427 g/mol. The van der Waals surface area contributed by atoms with E-state index in [0.717, 1.165) is 17.6 Å². The molecule has 2 rings (SSSR count). The van der Waals surface area contributed by atoms with Crippen molar-refractivity contribution in [2.75, 3.05) is 33.8 Å². The van der Waals surface area contributed by atoms with E-state index in [2.05, 4.69) is 21.0 Å². The monoisotopic (exact) mass is 426 g/mol. The summed E-state index contributed by atoms with van der Waals surface area (Å²) in [4.78, 5) is 13.1. The van der Waals surface area contributed by atoms with Crippen LogP contribution in [0.3, 0.4) is 0 Å². The molecule has 4 heteroatoms. The standard InChI is InChI=1S/C27H40NO3/c1-4-5-6-7-8-9-16-21-28(2,3)22-23-31-26(29)27(30,24-17-12-10-13-18-24)25-19-14-11-15-20-25/h10-15,17-20,30H,4-9,16,21-23H2,1-3H3/q+1. The summed E-state index contributed by atoms with van der Waals surface area (Å²) in [7, 11) is 4.34. The number of carbonyl (C=O) groups is 1. The smallest absolute Gasteiger partial charge is 0.347 e. The molecule has 0 aliphatic rings. The zero-order valence-corrected chi connectivity index (χ0v) is 19.6. The van der Waals surface area contributed by atoms with Gasteiger partial charge in [0.05, 0.1) is 20.6 Å². The van der Waals surface area contributed by atoms with Crippen molar-refractivity contribution in [2.24, 2.45) is 0 Å². The lowest BCUT2D eigenvalue weighted by Crippen LogP contribution is -2.45. The van der Waals surface area contributed by atoms with Gasteiger partial charge in [-0.05, 0) is 24.0 Å². The first-order chi connectivity index (χ1) is 14.9. The Morgan fingerprint density at radius 2 is 1.29 bits per heavy atom. The number of carbonyl (C=O) groups excluding carboxylic acids is 1. The Morgan fingerprint density at radius 3 is 1.81 bits per heavy atom. The maximum Gasteiger partial charge on any atom is 0.347 e. The first-order valence-corrected chi connectivity index (χ1v) is 11.7. The van der Waals surface area contributed by atoms with E-state index < -0.39 is 11.6 Å². The summed E-state index contributed by atoms with van der Waals surface area (Å²) < 4.78 is 6.42. The van der Waals surface area contributed by atoms with Crippen molar-refractivity contribution in [3.8, 4) is 0 Å². The molecule has 2 aromatic carbocycles. The first kappa shape index (κ1) is 25.1. The first-order valence-electron chi connectivity index (χ1n) is 11.7. The Bertz CT molecular complexity index is 719. The Balaban J connectivity index is 1.89. The number of hydrogen-bond donors (Lipinski definition) is 1. The molecule has 0 unspecified atom stereocenters. The molecule has 0 aliphatic carbocycles. The summed E-state index contributed by atoms with van der Waals surface area (Å²) in [6, 6.07) is 18.0. The minimum atomic E-state index is -1.81. The number of likely N-dealkylation sites (N-methyl/N-ethyl adjacent to an activating group) is 1. The fourth-order valence-corrected chi connectivity index (χ4v) is 3.86. The van der Waals surface area contributed by atoms with E-state index in [4.69, 9.17) is 4.74 Å². The number of hydrogen-bond acceptors (Lipinski definition) is 3. The quantitative estimate of drug-likeness (QED) is 0.254. The summed E-state index contributed by atoms with van der Waals surface area (Å²) in [5.74, 6) is -0.624. The molecule has 31 heavy (non-hydrogen) atoms. The van der Waals surface area contributed by atoms with Crippen LogP contribution < -0.4 is 0 Å². The van der Waals surface area contributed by atoms with E-state index in [9.17, 15) is 9.90 Å². The summed E-state index contributed by atoms with van der Waals surface area (Å²) in [6.07, 6.45) is 9.04. The van der Waals surface area contributed by atoms with E-state index in [1.807, 2.05) is 36.4 Å². The molecule has 1 N–H and O–H groups in total. The molecule has 0 saturated heterocycles. The Labute approximate surface area is 188 Å². The van der Waals surface area contributed by atoms with E-state index in [0.29, 0.717) is 11.1 Å². The van der Waals surface area contributed by atoms with Crippen molar-refractivity contribution in [3.05, 3.63) is 71.8 Å². The van der Waals surface area contributed by atoms with Gasteiger partial charge in [-0.15, -0.1) is 0 Å². The van der Waals surface area contributed by atoms with Crippen LogP contribution in [0, 0.1) is 0 Å². The van der Waals surface area contributed by atoms with Crippen LogP contribution in [0.15, 0.2) is 60.7 Å². The van der Waals surface area contributed by atoms with Crippen LogP contribution in [-0.4, -0.2) is 49.4 Å². The second-order valence-corrected chi connectivity index (χ2v) is 9.08. The zero-order chi connectivity index (χ0) is 22.6. The maximum absolute atomic E-state index is 13.1. The number of aliphatic hydroxyl groups is 1. The number of esters is 1. The Hall–Kier alpha value is -2.17. The molecule has 4 nitrogen and oxygen atoms in total. The second-order valence-electron chi connectivity index (χ2n) is 9.08. The van der Waals surface area contributed by atoms with E-state index in [1.54, 1.807) is 24.3 Å². The van der Waals surface area contributed by atoms with Gasteiger partial charge in [0.15, 0.2) is 0 Å². The van der Waals surface area contributed by atoms with Gasteiger partial charge in [0.25, 0.3) is 0 Å². The van der Waals surface area contributed by atoms with Crippen molar-refractivity contribution < 1.29 is 19.1 Å². The van der Waals surface area contributed by atoms with E-state index in [1.165, 1.54) is 44.9 Å². The van der Waals surface area contributed by atoms with Gasteiger partial charge >= 0.3 is 5.97 Å². The second kappa shape index (κ2) is 12.6. The number of quaternary nitrogens is 1. The van der Waals surface area contributed by atoms with Gasteiger partial charge in [0, 0.05) is 0 Å². The fourth-order valence-electron chi connectivity index (χ4n) is 3.86. The number of rotatable bonds is 14. The third-order valence-corrected chi connectivity index (χ3v) is 5.98. The van der Waals surface area contributed by atoms with Crippen molar-refractivity contribution in [2.45, 2.75) is 57.5 Å². The minimum Gasteiger partial charge on any atom is -0.457 e. The molecule has 0 fully saturated rings. The highest BCUT2D eigenvalue weighted by atomic mass is 16.5. The van der Waals surface area contributed by atoms with E-state index >= 15 is 0 Å². The lowest BCUT2D eigenvalue weighted by atomic mass is 9.86. The summed E-state index contributed by atoms with van der Waals surface area (Å²) in [5.41, 5.74) is -0.774. The highest BCUT2D eigenvalue weighted by molar-refractivity contribution is 5.85. The molecule has 0 amide bonds. The molecule has 0 spiro atoms. The molecule has 0 aromatic heterocycles. The molecule has 170 valence electrons. The largest absolute Gasteiger partial charge is 0.457 e. The topological polar surface area (TPSA) is 46.5 Å². The van der Waals surface area contributed by atoms with Crippen molar-refractivity contribution in [1.82, 2.24) is 0 Å². The predicted octanol–water partition coefficient (Wildman–Crippen LogP) is 5.29. The molecule has 0 bridgehead atoms. The molecule has 0 atom stereocenters. The minimum absolute atomic E-state index is 0.282. The van der Waals surface area contributed by atoms with Crippen molar-refractivity contribution in [1.29, 1.82) is 0 Å². The number of nitrogens with zero attached hydrogens (tertiary/aromatic N) is 1. The summed E-state index contributed by atoms with van der Waals surface area (Å²) in [6.45, 7) is 4.31. The average Bonchev–Trinajstić information content (AvgIpc) is 2.79. The Morgan fingerprint density at radius 1 is 0.806 bits per heavy atom. The lowest BCUT2D eigenvalue weighted by Gasteiger charge is -2.31. The van der Waals surface area contributed by atoms with Crippen LogP contribution in [-0.2, 0) is 15.1 Å². The normalized spacial score (nSPS) is 12.0. The van der Waals surface area contributed by atoms with Gasteiger partial charge in [-0.3, -0.25) is 0 Å². The van der Waals surface area contributed by atoms with Crippen molar-refractivity contribution >= 4 is 5.97 Å². The molecule has 2 aromatic rings. The molecule has 0 saturated carbocycles. The summed E-state index contributed by atoms with van der Waals surface area (Å²) in [5, 5.41) is 11.4.